The largest absolute Gasteiger partial charge is 0.365 e. The van der Waals surface area contributed by atoms with Gasteiger partial charge in [-0.05, 0) is 31.9 Å². The van der Waals surface area contributed by atoms with Crippen molar-refractivity contribution in [2.45, 2.75) is 110 Å². The molecule has 1 fully saturated rings. The minimum absolute atomic E-state index is 0.308. The van der Waals surface area contributed by atoms with Crippen molar-refractivity contribution in [2.75, 3.05) is 18.1 Å². The molecule has 5 heteroatoms. The van der Waals surface area contributed by atoms with Crippen LogP contribution in [0.4, 0.5) is 5.69 Å². The van der Waals surface area contributed by atoms with E-state index < -0.39 is 12.2 Å². The fourth-order valence-electron chi connectivity index (χ4n) is 4.07. The van der Waals surface area contributed by atoms with Crippen molar-refractivity contribution in [1.82, 2.24) is 0 Å². The Kier molecular flexibility index (Phi) is 12.6. The number of carbonyl (C=O) groups is 2. The second-order valence-electron chi connectivity index (χ2n) is 8.97. The molecule has 0 radical (unpaired) electrons. The molecule has 0 spiro atoms. The van der Waals surface area contributed by atoms with E-state index in [0.717, 1.165) is 31.2 Å². The minimum Gasteiger partial charge on any atom is -0.365 e. The first-order valence-corrected chi connectivity index (χ1v) is 12.8. The molecule has 0 aromatic heterocycles. The number of ether oxygens (including phenoxy) is 2. The number of hydrogen-bond donors (Lipinski definition) is 0. The van der Waals surface area contributed by atoms with Crippen LogP contribution in [0.2, 0.25) is 0 Å². The predicted molar refractivity (Wildman–Crippen MR) is 130 cm³/mol. The van der Waals surface area contributed by atoms with Crippen LogP contribution in [0.5, 0.6) is 0 Å². The summed E-state index contributed by atoms with van der Waals surface area (Å²) in [6, 6.07) is 7.44. The number of anilines is 1. The van der Waals surface area contributed by atoms with E-state index in [1.807, 2.05) is 31.2 Å². The third-order valence-electron chi connectivity index (χ3n) is 6.09. The Morgan fingerprint density at radius 2 is 1.06 bits per heavy atom. The number of carbonyl (C=O) groups excluding carboxylic acids is 2. The standard InChI is InChI=1S/C27H43NO4/c1-4-6-8-10-12-14-20-31-24-25(32-21-15-13-11-9-7-5-2)27(30)28(26(24)29)23-18-16-22(3)17-19-23/h16-19,24-25H,4-15,20-21H2,1-3H3/t24-,25-/m1/s1. The molecular formula is C27H43NO4. The average molecular weight is 446 g/mol. The zero-order valence-electron chi connectivity index (χ0n) is 20.4. The number of hydrogen-bond acceptors (Lipinski definition) is 4. The zero-order chi connectivity index (χ0) is 23.2. The van der Waals surface area contributed by atoms with Gasteiger partial charge in [-0.15, -0.1) is 0 Å². The molecule has 2 amide bonds. The molecule has 2 atom stereocenters. The van der Waals surface area contributed by atoms with Gasteiger partial charge in [-0.25, -0.2) is 4.90 Å². The molecule has 180 valence electrons. The van der Waals surface area contributed by atoms with Gasteiger partial charge in [-0.2, -0.15) is 0 Å². The lowest BCUT2D eigenvalue weighted by Gasteiger charge is -2.17. The minimum atomic E-state index is -0.848. The van der Waals surface area contributed by atoms with Crippen molar-refractivity contribution in [3.05, 3.63) is 29.8 Å². The predicted octanol–water partition coefficient (Wildman–Crippen LogP) is 6.36. The van der Waals surface area contributed by atoms with Crippen LogP contribution >= 0.6 is 0 Å². The Morgan fingerprint density at radius 1 is 0.656 bits per heavy atom. The summed E-state index contributed by atoms with van der Waals surface area (Å²) in [6.07, 6.45) is 12.1. The summed E-state index contributed by atoms with van der Waals surface area (Å²) in [6.45, 7) is 7.35. The Morgan fingerprint density at radius 3 is 1.50 bits per heavy atom. The number of aryl methyl sites for hydroxylation is 1. The highest BCUT2D eigenvalue weighted by atomic mass is 16.6. The van der Waals surface area contributed by atoms with Gasteiger partial charge in [0.15, 0.2) is 12.2 Å². The lowest BCUT2D eigenvalue weighted by atomic mass is 10.1. The third-order valence-corrected chi connectivity index (χ3v) is 6.09. The van der Waals surface area contributed by atoms with Gasteiger partial charge in [-0.3, -0.25) is 9.59 Å². The van der Waals surface area contributed by atoms with E-state index in [2.05, 4.69) is 13.8 Å². The van der Waals surface area contributed by atoms with E-state index in [-0.39, 0.29) is 11.8 Å². The Hall–Kier alpha value is -1.72. The highest BCUT2D eigenvalue weighted by Crippen LogP contribution is 2.27. The number of nitrogens with zero attached hydrogens (tertiary/aromatic N) is 1. The fraction of sp³-hybridized carbons (Fsp3) is 0.704. The normalized spacial score (nSPS) is 18.7. The van der Waals surface area contributed by atoms with Crippen LogP contribution in [0.15, 0.2) is 24.3 Å². The number of amides is 2. The van der Waals surface area contributed by atoms with Gasteiger partial charge in [0.2, 0.25) is 0 Å². The van der Waals surface area contributed by atoms with Crippen LogP contribution in [-0.2, 0) is 19.1 Å². The maximum absolute atomic E-state index is 13.1. The second-order valence-corrected chi connectivity index (χ2v) is 8.97. The van der Waals surface area contributed by atoms with E-state index in [4.69, 9.17) is 9.47 Å². The summed E-state index contributed by atoms with van der Waals surface area (Å²) in [5.41, 5.74) is 1.67. The molecule has 1 saturated heterocycles. The van der Waals surface area contributed by atoms with Crippen LogP contribution in [0.1, 0.15) is 96.5 Å². The van der Waals surface area contributed by atoms with E-state index >= 15 is 0 Å². The number of benzene rings is 1. The van der Waals surface area contributed by atoms with Gasteiger partial charge in [0.1, 0.15) is 0 Å². The molecule has 32 heavy (non-hydrogen) atoms. The molecule has 1 aromatic carbocycles. The zero-order valence-corrected chi connectivity index (χ0v) is 20.4. The van der Waals surface area contributed by atoms with Crippen LogP contribution < -0.4 is 4.90 Å². The van der Waals surface area contributed by atoms with Crippen molar-refractivity contribution in [3.63, 3.8) is 0 Å². The van der Waals surface area contributed by atoms with Crippen molar-refractivity contribution in [3.8, 4) is 0 Å². The van der Waals surface area contributed by atoms with Crippen LogP contribution in [0.3, 0.4) is 0 Å². The van der Waals surface area contributed by atoms with Gasteiger partial charge < -0.3 is 9.47 Å². The van der Waals surface area contributed by atoms with Gasteiger partial charge >= 0.3 is 0 Å². The van der Waals surface area contributed by atoms with Gasteiger partial charge in [0.25, 0.3) is 11.8 Å². The number of unbranched alkanes of at least 4 members (excludes halogenated alkanes) is 10. The second kappa shape index (κ2) is 15.2. The first kappa shape index (κ1) is 26.5. The third kappa shape index (κ3) is 8.32. The van der Waals surface area contributed by atoms with E-state index in [1.165, 1.54) is 56.3 Å². The fourth-order valence-corrected chi connectivity index (χ4v) is 4.07. The molecule has 1 aliphatic rings. The molecule has 0 bridgehead atoms. The summed E-state index contributed by atoms with van der Waals surface area (Å²) < 4.78 is 11.9. The first-order chi connectivity index (χ1) is 15.6. The highest BCUT2D eigenvalue weighted by Gasteiger charge is 2.50. The van der Waals surface area contributed by atoms with Crippen molar-refractivity contribution in [2.24, 2.45) is 0 Å². The monoisotopic (exact) mass is 445 g/mol. The van der Waals surface area contributed by atoms with Crippen molar-refractivity contribution in [1.29, 1.82) is 0 Å². The molecule has 2 rings (SSSR count). The maximum atomic E-state index is 13.1. The highest BCUT2D eigenvalue weighted by molar-refractivity contribution is 6.24. The summed E-state index contributed by atoms with van der Waals surface area (Å²) >= 11 is 0. The molecule has 1 aliphatic heterocycles. The van der Waals surface area contributed by atoms with Crippen molar-refractivity contribution >= 4 is 17.5 Å². The lowest BCUT2D eigenvalue weighted by molar-refractivity contribution is -0.140. The van der Waals surface area contributed by atoms with E-state index in [1.54, 1.807) is 0 Å². The summed E-state index contributed by atoms with van der Waals surface area (Å²) in [5, 5.41) is 0. The van der Waals surface area contributed by atoms with Crippen LogP contribution in [0, 0.1) is 6.92 Å². The Labute approximate surface area is 194 Å². The molecule has 0 N–H and O–H groups in total. The molecule has 0 aliphatic carbocycles. The Bertz CT molecular complexity index is 637. The maximum Gasteiger partial charge on any atom is 0.266 e. The summed E-state index contributed by atoms with van der Waals surface area (Å²) in [5.74, 6) is -0.615. The van der Waals surface area contributed by atoms with Gasteiger partial charge in [0, 0.05) is 13.2 Å². The molecule has 0 unspecified atom stereocenters. The summed E-state index contributed by atoms with van der Waals surface area (Å²) in [4.78, 5) is 27.5. The first-order valence-electron chi connectivity index (χ1n) is 12.8. The van der Waals surface area contributed by atoms with Gasteiger partial charge in [0.05, 0.1) is 5.69 Å². The topological polar surface area (TPSA) is 55.8 Å². The lowest BCUT2D eigenvalue weighted by Crippen LogP contribution is -2.35. The molecule has 0 saturated carbocycles. The van der Waals surface area contributed by atoms with E-state index in [0.29, 0.717) is 18.9 Å². The molecular weight excluding hydrogens is 402 g/mol. The smallest absolute Gasteiger partial charge is 0.266 e. The average Bonchev–Trinajstić information content (AvgIpc) is 3.02. The quantitative estimate of drug-likeness (QED) is 0.207. The molecule has 1 heterocycles. The molecule has 1 aromatic rings. The molecule has 5 nitrogen and oxygen atoms in total. The number of rotatable bonds is 17. The van der Waals surface area contributed by atoms with Gasteiger partial charge in [-0.1, -0.05) is 95.8 Å². The van der Waals surface area contributed by atoms with Crippen LogP contribution in [-0.4, -0.2) is 37.2 Å². The Balaban J connectivity index is 1.92. The van der Waals surface area contributed by atoms with Crippen molar-refractivity contribution < 1.29 is 19.1 Å². The number of imide groups is 1. The summed E-state index contributed by atoms with van der Waals surface area (Å²) in [7, 11) is 0. The SMILES string of the molecule is CCCCCCCCO[C@H]1C(=O)N(c2ccc(C)cc2)C(=O)[C@@H]1OCCCCCCCC. The van der Waals surface area contributed by atoms with E-state index in [9.17, 15) is 9.59 Å². The van der Waals surface area contributed by atoms with Crippen LogP contribution in [0.25, 0.3) is 0 Å².